The molecule has 0 aliphatic heterocycles. The van der Waals surface area contributed by atoms with E-state index < -0.39 is 4.75 Å². The van der Waals surface area contributed by atoms with E-state index in [9.17, 15) is 9.59 Å². The Labute approximate surface area is 130 Å². The molecule has 1 aromatic carbocycles. The van der Waals surface area contributed by atoms with Gasteiger partial charge in [0, 0.05) is 6.42 Å². The van der Waals surface area contributed by atoms with Gasteiger partial charge in [-0.3, -0.25) is 9.59 Å². The fraction of sp³-hybridized carbons (Fsp3) is 0.412. The minimum atomic E-state index is -0.960. The fourth-order valence-electron chi connectivity index (χ4n) is 1.66. The van der Waals surface area contributed by atoms with Crippen LogP contribution in [0.2, 0.25) is 0 Å². The molecule has 1 aromatic rings. The average Bonchev–Trinajstić information content (AvgIpc) is 2.51. The van der Waals surface area contributed by atoms with Gasteiger partial charge in [0.2, 0.25) is 0 Å². The summed E-state index contributed by atoms with van der Waals surface area (Å²) in [6.07, 6.45) is 4.85. The number of esters is 1. The SMILES string of the molecule is CC/C=C/[C@](C)(SC(=O)CC)C(=O)OCc1ccccc1. The van der Waals surface area contributed by atoms with Crippen molar-refractivity contribution in [1.82, 2.24) is 0 Å². The molecule has 0 spiro atoms. The molecule has 0 fully saturated rings. The first-order chi connectivity index (χ1) is 10.0. The molecule has 0 aliphatic carbocycles. The van der Waals surface area contributed by atoms with Gasteiger partial charge in [0.15, 0.2) is 5.12 Å². The first-order valence-electron chi connectivity index (χ1n) is 7.12. The van der Waals surface area contributed by atoms with Crippen molar-refractivity contribution < 1.29 is 14.3 Å². The number of hydrogen-bond donors (Lipinski definition) is 0. The van der Waals surface area contributed by atoms with Crippen molar-refractivity contribution in [3.63, 3.8) is 0 Å². The number of allylic oxidation sites excluding steroid dienone is 1. The molecule has 0 bridgehead atoms. The second-order valence-corrected chi connectivity index (χ2v) is 6.31. The molecule has 0 saturated carbocycles. The van der Waals surface area contributed by atoms with Crippen LogP contribution in [0.25, 0.3) is 0 Å². The molecule has 0 radical (unpaired) electrons. The van der Waals surface area contributed by atoms with Gasteiger partial charge in [0.25, 0.3) is 0 Å². The number of rotatable bonds is 7. The molecule has 0 unspecified atom stereocenters. The van der Waals surface area contributed by atoms with Crippen LogP contribution in [-0.4, -0.2) is 15.8 Å². The quantitative estimate of drug-likeness (QED) is 0.561. The van der Waals surface area contributed by atoms with Gasteiger partial charge in [0.1, 0.15) is 11.4 Å². The van der Waals surface area contributed by atoms with Gasteiger partial charge >= 0.3 is 5.97 Å². The van der Waals surface area contributed by atoms with Crippen LogP contribution in [0, 0.1) is 0 Å². The molecule has 0 aliphatic rings. The van der Waals surface area contributed by atoms with Crippen LogP contribution in [0.3, 0.4) is 0 Å². The van der Waals surface area contributed by atoms with E-state index in [2.05, 4.69) is 0 Å². The van der Waals surface area contributed by atoms with E-state index in [1.807, 2.05) is 43.3 Å². The van der Waals surface area contributed by atoms with Crippen molar-refractivity contribution in [3.05, 3.63) is 48.0 Å². The van der Waals surface area contributed by atoms with Gasteiger partial charge in [0.05, 0.1) is 0 Å². The summed E-state index contributed by atoms with van der Waals surface area (Å²) in [5.74, 6) is -0.386. The number of hydrogen-bond acceptors (Lipinski definition) is 4. The topological polar surface area (TPSA) is 43.4 Å². The van der Waals surface area contributed by atoms with Crippen molar-refractivity contribution >= 4 is 22.8 Å². The summed E-state index contributed by atoms with van der Waals surface area (Å²) in [6, 6.07) is 9.51. The zero-order valence-electron chi connectivity index (χ0n) is 12.8. The summed E-state index contributed by atoms with van der Waals surface area (Å²) in [6.45, 7) is 5.72. The van der Waals surface area contributed by atoms with E-state index in [1.165, 1.54) is 0 Å². The molecule has 0 saturated heterocycles. The highest BCUT2D eigenvalue weighted by molar-refractivity contribution is 8.15. The molecule has 0 heterocycles. The van der Waals surface area contributed by atoms with Gasteiger partial charge in [-0.05, 0) is 18.9 Å². The lowest BCUT2D eigenvalue weighted by Gasteiger charge is -2.22. The zero-order valence-corrected chi connectivity index (χ0v) is 13.6. The predicted molar refractivity (Wildman–Crippen MR) is 87.0 cm³/mol. The fourth-order valence-corrected chi connectivity index (χ4v) is 2.59. The summed E-state index contributed by atoms with van der Waals surface area (Å²) >= 11 is 1.03. The molecule has 21 heavy (non-hydrogen) atoms. The van der Waals surface area contributed by atoms with Crippen molar-refractivity contribution in [2.75, 3.05) is 0 Å². The monoisotopic (exact) mass is 306 g/mol. The van der Waals surface area contributed by atoms with Crippen LogP contribution >= 0.6 is 11.8 Å². The van der Waals surface area contributed by atoms with Crippen molar-refractivity contribution in [2.45, 2.75) is 45.0 Å². The van der Waals surface area contributed by atoms with Crippen LogP contribution < -0.4 is 0 Å². The maximum Gasteiger partial charge on any atom is 0.326 e. The molecule has 1 atom stereocenters. The van der Waals surface area contributed by atoms with E-state index in [1.54, 1.807) is 19.9 Å². The van der Waals surface area contributed by atoms with Crippen molar-refractivity contribution in [2.24, 2.45) is 0 Å². The maximum atomic E-state index is 12.3. The Kier molecular flexibility index (Phi) is 7.23. The normalized spacial score (nSPS) is 13.9. The highest BCUT2D eigenvalue weighted by Gasteiger charge is 2.35. The Morgan fingerprint density at radius 2 is 1.90 bits per heavy atom. The molecule has 4 heteroatoms. The lowest BCUT2D eigenvalue weighted by molar-refractivity contribution is -0.146. The van der Waals surface area contributed by atoms with Crippen LogP contribution in [0.5, 0.6) is 0 Å². The zero-order chi connectivity index (χ0) is 15.7. The maximum absolute atomic E-state index is 12.3. The van der Waals surface area contributed by atoms with Crippen LogP contribution in [0.15, 0.2) is 42.5 Å². The Morgan fingerprint density at radius 3 is 2.48 bits per heavy atom. The largest absolute Gasteiger partial charge is 0.460 e. The van der Waals surface area contributed by atoms with Crippen LogP contribution in [-0.2, 0) is 20.9 Å². The molecule has 114 valence electrons. The van der Waals surface area contributed by atoms with E-state index in [4.69, 9.17) is 4.74 Å². The van der Waals surface area contributed by atoms with Crippen molar-refractivity contribution in [1.29, 1.82) is 0 Å². The smallest absolute Gasteiger partial charge is 0.326 e. The lowest BCUT2D eigenvalue weighted by atomic mass is 10.1. The summed E-state index contributed by atoms with van der Waals surface area (Å²) in [7, 11) is 0. The van der Waals surface area contributed by atoms with E-state index in [0.29, 0.717) is 6.42 Å². The van der Waals surface area contributed by atoms with Gasteiger partial charge in [-0.25, -0.2) is 0 Å². The van der Waals surface area contributed by atoms with Crippen molar-refractivity contribution in [3.8, 4) is 0 Å². The second-order valence-electron chi connectivity index (χ2n) is 4.81. The number of ether oxygens (including phenoxy) is 1. The van der Waals surface area contributed by atoms with Gasteiger partial charge in [-0.1, -0.05) is 68.1 Å². The molecular weight excluding hydrogens is 284 g/mol. The molecular formula is C17H22O3S. The van der Waals surface area contributed by atoms with Gasteiger partial charge < -0.3 is 4.74 Å². The first-order valence-corrected chi connectivity index (χ1v) is 7.94. The summed E-state index contributed by atoms with van der Waals surface area (Å²) in [5.41, 5.74) is 0.930. The standard InChI is InChI=1S/C17H22O3S/c1-4-6-12-17(3,21-15(18)5-2)16(19)20-13-14-10-8-7-9-11-14/h6-12H,4-5,13H2,1-3H3/b12-6+/t17-/m0/s1. The molecule has 1 rings (SSSR count). The minimum absolute atomic E-state index is 0.0186. The summed E-state index contributed by atoms with van der Waals surface area (Å²) in [4.78, 5) is 24.0. The van der Waals surface area contributed by atoms with Gasteiger partial charge in [-0.15, -0.1) is 0 Å². The molecule has 0 aromatic heterocycles. The Hall–Kier alpha value is -1.55. The first kappa shape index (κ1) is 17.5. The number of carbonyl (C=O) groups is 2. The summed E-state index contributed by atoms with van der Waals surface area (Å²) in [5, 5.41) is -0.0186. The second kappa shape index (κ2) is 8.67. The number of thioether (sulfide) groups is 1. The molecule has 0 amide bonds. The highest BCUT2D eigenvalue weighted by Crippen LogP contribution is 2.30. The van der Waals surface area contributed by atoms with Crippen LogP contribution in [0.4, 0.5) is 0 Å². The Morgan fingerprint density at radius 1 is 1.24 bits per heavy atom. The van der Waals surface area contributed by atoms with Crippen LogP contribution in [0.1, 0.15) is 39.2 Å². The average molecular weight is 306 g/mol. The number of carbonyl (C=O) groups excluding carboxylic acids is 2. The molecule has 0 N–H and O–H groups in total. The van der Waals surface area contributed by atoms with E-state index in [-0.39, 0.29) is 17.7 Å². The number of benzene rings is 1. The third-order valence-electron chi connectivity index (χ3n) is 2.90. The third kappa shape index (κ3) is 5.76. The van der Waals surface area contributed by atoms with E-state index >= 15 is 0 Å². The molecule has 3 nitrogen and oxygen atoms in total. The minimum Gasteiger partial charge on any atom is -0.460 e. The Bertz CT molecular complexity index is 496. The Balaban J connectivity index is 2.75. The third-order valence-corrected chi connectivity index (χ3v) is 4.15. The van der Waals surface area contributed by atoms with E-state index in [0.717, 1.165) is 23.7 Å². The lowest BCUT2D eigenvalue weighted by Crippen LogP contribution is -2.32. The predicted octanol–water partition coefficient (Wildman–Crippen LogP) is 4.12. The summed E-state index contributed by atoms with van der Waals surface area (Å²) < 4.78 is 4.41. The highest BCUT2D eigenvalue weighted by atomic mass is 32.2. The van der Waals surface area contributed by atoms with Gasteiger partial charge in [-0.2, -0.15) is 0 Å².